The molecule has 238 valence electrons. The molecule has 5 unspecified atom stereocenters. The van der Waals surface area contributed by atoms with Crippen molar-refractivity contribution in [1.82, 2.24) is 0 Å². The molecular formula is C48H41N. The molecule has 5 atom stereocenters. The Morgan fingerprint density at radius 1 is 0.490 bits per heavy atom. The number of rotatable bonds is 4. The molecule has 0 aliphatic heterocycles. The van der Waals surface area contributed by atoms with Gasteiger partial charge in [0, 0.05) is 27.8 Å². The van der Waals surface area contributed by atoms with Crippen molar-refractivity contribution in [2.45, 2.75) is 50.4 Å². The summed E-state index contributed by atoms with van der Waals surface area (Å²) >= 11 is 0. The van der Waals surface area contributed by atoms with Crippen molar-refractivity contribution >= 4 is 17.1 Å². The van der Waals surface area contributed by atoms with Gasteiger partial charge in [-0.1, -0.05) is 123 Å². The molecule has 12 rings (SSSR count). The van der Waals surface area contributed by atoms with Crippen LogP contribution in [0.15, 0.2) is 140 Å². The Balaban J connectivity index is 1.15. The summed E-state index contributed by atoms with van der Waals surface area (Å²) in [4.78, 5) is 2.57. The van der Waals surface area contributed by atoms with Crippen LogP contribution >= 0.6 is 0 Å². The van der Waals surface area contributed by atoms with E-state index >= 15 is 0 Å². The summed E-state index contributed by atoms with van der Waals surface area (Å²) < 4.78 is 0. The summed E-state index contributed by atoms with van der Waals surface area (Å²) in [6.07, 6.45) is 5.65. The third-order valence-corrected chi connectivity index (χ3v) is 13.7. The van der Waals surface area contributed by atoms with E-state index in [4.69, 9.17) is 0 Å². The number of anilines is 3. The van der Waals surface area contributed by atoms with E-state index in [9.17, 15) is 0 Å². The third kappa shape index (κ3) is 3.61. The molecule has 0 N–H and O–H groups in total. The van der Waals surface area contributed by atoms with Gasteiger partial charge in [0.15, 0.2) is 0 Å². The van der Waals surface area contributed by atoms with Crippen LogP contribution in [0, 0.1) is 23.7 Å². The molecule has 0 radical (unpaired) electrons. The summed E-state index contributed by atoms with van der Waals surface area (Å²) in [5, 5.41) is 0. The second-order valence-electron chi connectivity index (χ2n) is 16.1. The van der Waals surface area contributed by atoms with Crippen LogP contribution in [0.25, 0.3) is 33.4 Å². The van der Waals surface area contributed by atoms with E-state index in [0.29, 0.717) is 0 Å². The maximum atomic E-state index is 2.64. The minimum Gasteiger partial charge on any atom is -0.310 e. The fourth-order valence-corrected chi connectivity index (χ4v) is 11.9. The van der Waals surface area contributed by atoms with Crippen LogP contribution in [-0.4, -0.2) is 0 Å². The van der Waals surface area contributed by atoms with Gasteiger partial charge >= 0.3 is 0 Å². The van der Waals surface area contributed by atoms with Crippen molar-refractivity contribution in [3.63, 3.8) is 0 Å². The van der Waals surface area contributed by atoms with Gasteiger partial charge in [0.2, 0.25) is 0 Å². The quantitative estimate of drug-likeness (QED) is 0.187. The van der Waals surface area contributed by atoms with Crippen molar-refractivity contribution in [2.75, 3.05) is 4.90 Å². The Morgan fingerprint density at radius 3 is 1.84 bits per heavy atom. The first-order chi connectivity index (χ1) is 24.0. The number of nitrogens with zero attached hydrogens (tertiary/aromatic N) is 1. The van der Waals surface area contributed by atoms with Gasteiger partial charge in [0.1, 0.15) is 0 Å². The Morgan fingerprint density at radius 2 is 1.08 bits per heavy atom. The summed E-state index contributed by atoms with van der Waals surface area (Å²) in [5.74, 6) is 3.32. The summed E-state index contributed by atoms with van der Waals surface area (Å²) in [6, 6.07) is 53.2. The molecule has 6 aromatic rings. The highest BCUT2D eigenvalue weighted by molar-refractivity contribution is 5.92. The van der Waals surface area contributed by atoms with E-state index in [1.54, 1.807) is 11.1 Å². The van der Waals surface area contributed by atoms with E-state index < -0.39 is 0 Å². The first kappa shape index (κ1) is 28.0. The van der Waals surface area contributed by atoms with Crippen molar-refractivity contribution < 1.29 is 0 Å². The zero-order chi connectivity index (χ0) is 32.5. The molecule has 1 heteroatoms. The first-order valence-electron chi connectivity index (χ1n) is 18.5. The lowest BCUT2D eigenvalue weighted by Gasteiger charge is -2.44. The summed E-state index contributed by atoms with van der Waals surface area (Å²) in [6.45, 7) is 4.79. The molecule has 0 amide bonds. The van der Waals surface area contributed by atoms with Crippen molar-refractivity contribution in [3.05, 3.63) is 162 Å². The van der Waals surface area contributed by atoms with Gasteiger partial charge in [-0.3, -0.25) is 0 Å². The Hall–Kier alpha value is -4.88. The molecular weight excluding hydrogens is 591 g/mol. The zero-order valence-electron chi connectivity index (χ0n) is 28.4. The van der Waals surface area contributed by atoms with Crippen molar-refractivity contribution in [3.8, 4) is 33.4 Å². The number of benzene rings is 6. The van der Waals surface area contributed by atoms with Crippen molar-refractivity contribution in [1.29, 1.82) is 0 Å². The maximum Gasteiger partial charge on any atom is 0.0540 e. The normalized spacial score (nSPS) is 25.7. The minimum atomic E-state index is -0.0711. The molecule has 0 heterocycles. The molecule has 49 heavy (non-hydrogen) atoms. The van der Waals surface area contributed by atoms with E-state index in [2.05, 4.69) is 158 Å². The number of para-hydroxylation sites is 1. The fourth-order valence-electron chi connectivity index (χ4n) is 11.9. The lowest BCUT2D eigenvalue weighted by Crippen LogP contribution is -2.40. The number of fused-ring (bicyclic) bond motifs is 6. The molecule has 6 aliphatic rings. The SMILES string of the molecule is CC1(C)c2ccccc2-c2ccc(N(c3ccc4c(c3)C3(c5ccccc5-4)C4CC5CC(C4)C3C5)c3ccccc3-c3ccccc3)cc21. The van der Waals surface area contributed by atoms with E-state index in [1.165, 1.54) is 87.3 Å². The fraction of sp³-hybridized carbons (Fsp3) is 0.250. The van der Waals surface area contributed by atoms with Gasteiger partial charge < -0.3 is 4.90 Å². The van der Waals surface area contributed by atoms with Crippen LogP contribution < -0.4 is 4.90 Å². The van der Waals surface area contributed by atoms with Crippen LogP contribution in [0.4, 0.5) is 17.1 Å². The molecule has 4 bridgehead atoms. The van der Waals surface area contributed by atoms with Crippen LogP contribution in [0.3, 0.4) is 0 Å². The molecule has 0 aromatic heterocycles. The Kier molecular flexibility index (Phi) is 5.63. The average Bonchev–Trinajstić information content (AvgIpc) is 3.76. The summed E-state index contributed by atoms with van der Waals surface area (Å²) in [5.41, 5.74) is 18.0. The highest BCUT2D eigenvalue weighted by atomic mass is 15.1. The molecule has 1 nitrogen and oxygen atoms in total. The van der Waals surface area contributed by atoms with Gasteiger partial charge in [-0.15, -0.1) is 0 Å². The number of hydrogen-bond acceptors (Lipinski definition) is 1. The van der Waals surface area contributed by atoms with Crippen LogP contribution in [-0.2, 0) is 10.8 Å². The highest BCUT2D eigenvalue weighted by Gasteiger charge is 2.66. The number of hydrogen-bond donors (Lipinski definition) is 0. The molecule has 4 saturated carbocycles. The van der Waals surface area contributed by atoms with E-state index in [-0.39, 0.29) is 10.8 Å². The van der Waals surface area contributed by atoms with E-state index in [1.807, 2.05) is 0 Å². The topological polar surface area (TPSA) is 3.24 Å². The Bertz CT molecular complexity index is 2310. The molecule has 6 aliphatic carbocycles. The smallest absolute Gasteiger partial charge is 0.0540 e. The Labute approximate surface area is 290 Å². The highest BCUT2D eigenvalue weighted by Crippen LogP contribution is 2.73. The van der Waals surface area contributed by atoms with Gasteiger partial charge in [-0.2, -0.15) is 0 Å². The minimum absolute atomic E-state index is 0.0711. The van der Waals surface area contributed by atoms with Crippen LogP contribution in [0.2, 0.25) is 0 Å². The monoisotopic (exact) mass is 631 g/mol. The molecule has 4 fully saturated rings. The average molecular weight is 632 g/mol. The summed E-state index contributed by atoms with van der Waals surface area (Å²) in [7, 11) is 0. The first-order valence-corrected chi connectivity index (χ1v) is 18.5. The second-order valence-corrected chi connectivity index (χ2v) is 16.1. The largest absolute Gasteiger partial charge is 0.310 e. The molecule has 6 aromatic carbocycles. The van der Waals surface area contributed by atoms with Gasteiger partial charge in [-0.05, 0) is 130 Å². The predicted molar refractivity (Wildman–Crippen MR) is 203 cm³/mol. The van der Waals surface area contributed by atoms with E-state index in [0.717, 1.165) is 23.7 Å². The molecule has 1 spiro atoms. The third-order valence-electron chi connectivity index (χ3n) is 13.7. The lowest BCUT2D eigenvalue weighted by atomic mass is 9.59. The molecule has 0 saturated heterocycles. The van der Waals surface area contributed by atoms with Gasteiger partial charge in [-0.25, -0.2) is 0 Å². The zero-order valence-corrected chi connectivity index (χ0v) is 28.4. The van der Waals surface area contributed by atoms with Gasteiger partial charge in [0.05, 0.1) is 5.69 Å². The van der Waals surface area contributed by atoms with Gasteiger partial charge in [0.25, 0.3) is 0 Å². The van der Waals surface area contributed by atoms with Crippen LogP contribution in [0.5, 0.6) is 0 Å². The standard InChI is InChI=1S/C48H41N/c1-47(2)41-17-9-6-15-37(41)39-22-20-34(28-44(39)47)49(46-19-11-8-14-36(46)31-12-4-3-5-13-31)35-21-23-40-38-16-7-10-18-42(38)48(45(40)29-35)33-25-30-24-32(27-33)43(48)26-30/h3-23,28-30,32-33,43H,24-27H2,1-2H3. The second kappa shape index (κ2) is 9.85. The van der Waals surface area contributed by atoms with Crippen LogP contribution in [0.1, 0.15) is 61.8 Å². The predicted octanol–water partition coefficient (Wildman–Crippen LogP) is 12.5. The lowest BCUT2D eigenvalue weighted by molar-refractivity contribution is 0.191. The van der Waals surface area contributed by atoms with Crippen molar-refractivity contribution in [2.24, 2.45) is 23.7 Å². The maximum absolute atomic E-state index is 2.64.